The first-order valence-electron chi connectivity index (χ1n) is 3.38. The van der Waals surface area contributed by atoms with Gasteiger partial charge in [0.05, 0.1) is 5.92 Å². The zero-order chi connectivity index (χ0) is 9.94. The number of aliphatic carboxylic acids is 2. The maximum absolute atomic E-state index is 10.5. The molecule has 1 unspecified atom stereocenters. The van der Waals surface area contributed by atoms with E-state index in [1.165, 1.54) is 6.92 Å². The molecule has 0 fully saturated rings. The van der Waals surface area contributed by atoms with Gasteiger partial charge in [-0.2, -0.15) is 0 Å². The minimum Gasteiger partial charge on any atom is -0.481 e. The molecule has 6 nitrogen and oxygen atoms in total. The highest BCUT2D eigenvalue weighted by atomic mass is 16.4. The van der Waals surface area contributed by atoms with Crippen LogP contribution < -0.4 is 11.5 Å². The lowest BCUT2D eigenvalue weighted by molar-refractivity contribution is -0.155. The van der Waals surface area contributed by atoms with Crippen molar-refractivity contribution < 1.29 is 19.8 Å². The topological polar surface area (TPSA) is 127 Å². The Morgan fingerprint density at radius 3 is 1.92 bits per heavy atom. The van der Waals surface area contributed by atoms with Crippen molar-refractivity contribution in [2.24, 2.45) is 17.4 Å². The van der Waals surface area contributed by atoms with E-state index in [9.17, 15) is 9.59 Å². The summed E-state index contributed by atoms with van der Waals surface area (Å²) in [6.07, 6.45) is 0.0780. The molecule has 70 valence electrons. The predicted octanol–water partition coefficient (Wildman–Crippen LogP) is -1.20. The van der Waals surface area contributed by atoms with Crippen LogP contribution in [0.3, 0.4) is 0 Å². The van der Waals surface area contributed by atoms with Crippen LogP contribution in [0.1, 0.15) is 13.3 Å². The largest absolute Gasteiger partial charge is 0.481 e. The molecular weight excluding hydrogens is 164 g/mol. The van der Waals surface area contributed by atoms with Gasteiger partial charge in [-0.3, -0.25) is 4.79 Å². The molecule has 0 saturated heterocycles. The van der Waals surface area contributed by atoms with E-state index in [-0.39, 0.29) is 6.42 Å². The molecule has 1 atom stereocenters. The van der Waals surface area contributed by atoms with Crippen LogP contribution in [0.4, 0.5) is 0 Å². The van der Waals surface area contributed by atoms with E-state index in [0.717, 1.165) is 0 Å². The number of carboxylic acid groups (broad SMARTS) is 2. The second kappa shape index (κ2) is 3.51. The molecule has 0 rings (SSSR count). The van der Waals surface area contributed by atoms with Gasteiger partial charge in [0, 0.05) is 0 Å². The number of nitrogens with two attached hydrogens (primary N) is 2. The SMILES string of the molecule is CCC(C(=O)O)C(N)(N)C(=O)O. The van der Waals surface area contributed by atoms with E-state index in [1.807, 2.05) is 0 Å². The van der Waals surface area contributed by atoms with Crippen LogP contribution in [0.25, 0.3) is 0 Å². The number of carboxylic acids is 2. The number of hydrogen-bond acceptors (Lipinski definition) is 4. The highest BCUT2D eigenvalue weighted by Crippen LogP contribution is 2.13. The summed E-state index contributed by atoms with van der Waals surface area (Å²) in [6.45, 7) is 1.51. The van der Waals surface area contributed by atoms with Crippen LogP contribution in [0, 0.1) is 5.92 Å². The van der Waals surface area contributed by atoms with Crippen LogP contribution in [-0.2, 0) is 9.59 Å². The van der Waals surface area contributed by atoms with Gasteiger partial charge in [0.25, 0.3) is 0 Å². The van der Waals surface area contributed by atoms with Gasteiger partial charge < -0.3 is 21.7 Å². The average molecular weight is 176 g/mol. The second-order valence-electron chi connectivity index (χ2n) is 2.54. The van der Waals surface area contributed by atoms with Gasteiger partial charge in [-0.15, -0.1) is 0 Å². The van der Waals surface area contributed by atoms with E-state index in [4.69, 9.17) is 21.7 Å². The first-order valence-corrected chi connectivity index (χ1v) is 3.38. The lowest BCUT2D eigenvalue weighted by Gasteiger charge is -2.25. The molecule has 6 N–H and O–H groups in total. The Morgan fingerprint density at radius 1 is 1.42 bits per heavy atom. The summed E-state index contributed by atoms with van der Waals surface area (Å²) in [7, 11) is 0. The van der Waals surface area contributed by atoms with E-state index in [2.05, 4.69) is 0 Å². The van der Waals surface area contributed by atoms with Crippen molar-refractivity contribution >= 4 is 11.9 Å². The van der Waals surface area contributed by atoms with Gasteiger partial charge >= 0.3 is 11.9 Å². The van der Waals surface area contributed by atoms with Gasteiger partial charge in [0.15, 0.2) is 5.66 Å². The Morgan fingerprint density at radius 2 is 1.83 bits per heavy atom. The lowest BCUT2D eigenvalue weighted by Crippen LogP contribution is -2.63. The standard InChI is InChI=1S/C6H12N2O4/c1-2-3(4(9)10)6(7,8)5(11)12/h3H,2,7-8H2,1H3,(H,9,10)(H,11,12). The van der Waals surface area contributed by atoms with Crippen LogP contribution in [0.15, 0.2) is 0 Å². The number of rotatable bonds is 4. The van der Waals surface area contributed by atoms with E-state index in [1.54, 1.807) is 0 Å². The molecule has 0 aliphatic rings. The van der Waals surface area contributed by atoms with Crippen LogP contribution in [-0.4, -0.2) is 27.8 Å². The van der Waals surface area contributed by atoms with Crippen molar-refractivity contribution in [3.8, 4) is 0 Å². The molecule has 0 radical (unpaired) electrons. The molecule has 0 saturated carbocycles. The fourth-order valence-electron chi connectivity index (χ4n) is 0.866. The summed E-state index contributed by atoms with van der Waals surface area (Å²) in [5, 5.41) is 17.0. The third-order valence-electron chi connectivity index (χ3n) is 1.65. The molecule has 0 aromatic rings. The van der Waals surface area contributed by atoms with Crippen molar-refractivity contribution in [3.63, 3.8) is 0 Å². The summed E-state index contributed by atoms with van der Waals surface area (Å²) in [6, 6.07) is 0. The molecule has 12 heavy (non-hydrogen) atoms. The lowest BCUT2D eigenvalue weighted by atomic mass is 9.92. The van der Waals surface area contributed by atoms with E-state index >= 15 is 0 Å². The summed E-state index contributed by atoms with van der Waals surface area (Å²) >= 11 is 0. The Bertz CT molecular complexity index is 202. The summed E-state index contributed by atoms with van der Waals surface area (Å²) in [5.41, 5.74) is 8.03. The molecule has 0 aromatic heterocycles. The summed E-state index contributed by atoms with van der Waals surface area (Å²) < 4.78 is 0. The Hall–Kier alpha value is -1.14. The van der Waals surface area contributed by atoms with Crippen molar-refractivity contribution in [3.05, 3.63) is 0 Å². The second-order valence-corrected chi connectivity index (χ2v) is 2.54. The zero-order valence-corrected chi connectivity index (χ0v) is 6.65. The van der Waals surface area contributed by atoms with Crippen molar-refractivity contribution in [1.29, 1.82) is 0 Å². The molecule has 0 aliphatic carbocycles. The minimum atomic E-state index is -2.19. The predicted molar refractivity (Wildman–Crippen MR) is 40.2 cm³/mol. The highest BCUT2D eigenvalue weighted by Gasteiger charge is 2.42. The van der Waals surface area contributed by atoms with Crippen LogP contribution in [0.5, 0.6) is 0 Å². The van der Waals surface area contributed by atoms with Crippen molar-refractivity contribution in [1.82, 2.24) is 0 Å². The third-order valence-corrected chi connectivity index (χ3v) is 1.65. The molecule has 0 spiro atoms. The zero-order valence-electron chi connectivity index (χ0n) is 6.65. The maximum Gasteiger partial charge on any atom is 0.339 e. The monoisotopic (exact) mass is 176 g/mol. The minimum absolute atomic E-state index is 0.0780. The fraction of sp³-hybridized carbons (Fsp3) is 0.667. The number of carbonyl (C=O) groups is 2. The first-order chi connectivity index (χ1) is 5.34. The van der Waals surface area contributed by atoms with E-state index in [0.29, 0.717) is 0 Å². The smallest absolute Gasteiger partial charge is 0.339 e. The van der Waals surface area contributed by atoms with E-state index < -0.39 is 23.5 Å². The van der Waals surface area contributed by atoms with Gasteiger partial charge in [0.1, 0.15) is 0 Å². The molecule has 0 bridgehead atoms. The average Bonchev–Trinajstić information content (AvgIpc) is 1.86. The molecular formula is C6H12N2O4. The molecule has 0 aromatic carbocycles. The van der Waals surface area contributed by atoms with Crippen LogP contribution in [0.2, 0.25) is 0 Å². The molecule has 6 heteroatoms. The maximum atomic E-state index is 10.5. The summed E-state index contributed by atoms with van der Waals surface area (Å²) in [5.74, 6) is -4.09. The highest BCUT2D eigenvalue weighted by molar-refractivity contribution is 5.85. The van der Waals surface area contributed by atoms with Crippen LogP contribution >= 0.6 is 0 Å². The van der Waals surface area contributed by atoms with Crippen molar-refractivity contribution in [2.75, 3.05) is 0 Å². The molecule has 0 heterocycles. The third kappa shape index (κ3) is 1.93. The molecule has 0 aliphatic heterocycles. The quantitative estimate of drug-likeness (QED) is 0.398. The molecule has 0 amide bonds. The Balaban J connectivity index is 4.71. The Labute approximate surface area is 69.2 Å². The first kappa shape index (κ1) is 10.9. The number of hydrogen-bond donors (Lipinski definition) is 4. The normalized spacial score (nSPS) is 13.9. The van der Waals surface area contributed by atoms with Gasteiger partial charge in [-0.1, -0.05) is 6.92 Å². The summed E-state index contributed by atoms with van der Waals surface area (Å²) in [4.78, 5) is 20.9. The van der Waals surface area contributed by atoms with Gasteiger partial charge in [-0.25, -0.2) is 4.79 Å². The van der Waals surface area contributed by atoms with Gasteiger partial charge in [-0.05, 0) is 6.42 Å². The van der Waals surface area contributed by atoms with Gasteiger partial charge in [0.2, 0.25) is 0 Å². The Kier molecular flexibility index (Phi) is 3.17. The van der Waals surface area contributed by atoms with Crippen molar-refractivity contribution in [2.45, 2.75) is 19.0 Å². The fourth-order valence-corrected chi connectivity index (χ4v) is 0.866.